The minimum absolute atomic E-state index is 0.00417. The third-order valence-corrected chi connectivity index (χ3v) is 7.26. The van der Waals surface area contributed by atoms with Crippen LogP contribution in [0.2, 0.25) is 0 Å². The van der Waals surface area contributed by atoms with Crippen molar-refractivity contribution < 1.29 is 13.2 Å². The summed E-state index contributed by atoms with van der Waals surface area (Å²) in [7, 11) is -3.07. The molecule has 152 valence electrons. The van der Waals surface area contributed by atoms with Gasteiger partial charge in [0.05, 0.1) is 28.8 Å². The van der Waals surface area contributed by atoms with Gasteiger partial charge in [0.1, 0.15) is 5.69 Å². The minimum Gasteiger partial charge on any atom is -0.347 e. The van der Waals surface area contributed by atoms with Crippen LogP contribution in [-0.4, -0.2) is 41.7 Å². The van der Waals surface area contributed by atoms with Crippen molar-refractivity contribution in [2.45, 2.75) is 51.1 Å². The van der Waals surface area contributed by atoms with Crippen molar-refractivity contribution in [3.05, 3.63) is 41.1 Å². The molecule has 2 heterocycles. The second-order valence-corrected chi connectivity index (χ2v) is 10.4. The molecule has 0 radical (unpaired) electrons. The summed E-state index contributed by atoms with van der Waals surface area (Å²) in [5, 5.41) is 16.8. The van der Waals surface area contributed by atoms with Gasteiger partial charge < -0.3 is 5.32 Å². The number of rotatable bonds is 5. The number of hydrogen-bond acceptors (Lipinski definition) is 5. The number of sulfone groups is 1. The highest BCUT2D eigenvalue weighted by Crippen LogP contribution is 2.46. The first-order valence-electron chi connectivity index (χ1n) is 9.93. The summed E-state index contributed by atoms with van der Waals surface area (Å²) in [6, 6.07) is 8.98. The van der Waals surface area contributed by atoms with Crippen molar-refractivity contribution in [3.63, 3.8) is 0 Å². The van der Waals surface area contributed by atoms with Gasteiger partial charge in [-0.3, -0.25) is 9.48 Å². The summed E-state index contributed by atoms with van der Waals surface area (Å²) >= 11 is 0. The lowest BCUT2D eigenvalue weighted by atomic mass is 10.0. The van der Waals surface area contributed by atoms with Gasteiger partial charge in [-0.1, -0.05) is 12.1 Å². The molecule has 1 amide bonds. The van der Waals surface area contributed by atoms with Gasteiger partial charge in [0.15, 0.2) is 9.84 Å². The van der Waals surface area contributed by atoms with E-state index in [4.69, 9.17) is 10.4 Å². The predicted molar refractivity (Wildman–Crippen MR) is 109 cm³/mol. The number of nitrogens with zero attached hydrogens (tertiary/aromatic N) is 3. The van der Waals surface area contributed by atoms with Gasteiger partial charge >= 0.3 is 0 Å². The van der Waals surface area contributed by atoms with Crippen molar-refractivity contribution in [2.24, 2.45) is 0 Å². The zero-order valence-corrected chi connectivity index (χ0v) is 17.4. The van der Waals surface area contributed by atoms with Gasteiger partial charge in [-0.05, 0) is 51.2 Å². The first-order chi connectivity index (χ1) is 13.8. The largest absolute Gasteiger partial charge is 0.347 e. The van der Waals surface area contributed by atoms with Crippen molar-refractivity contribution in [2.75, 3.05) is 11.5 Å². The molecule has 1 atom stereocenters. The molecule has 1 saturated heterocycles. The molecular formula is C21H24N4O3S. The van der Waals surface area contributed by atoms with E-state index in [0.29, 0.717) is 17.7 Å². The highest BCUT2D eigenvalue weighted by atomic mass is 32.2. The van der Waals surface area contributed by atoms with Crippen LogP contribution in [0.5, 0.6) is 0 Å². The molecule has 4 rings (SSSR count). The van der Waals surface area contributed by atoms with Crippen molar-refractivity contribution in [1.82, 2.24) is 15.1 Å². The molecule has 1 unspecified atom stereocenters. The average Bonchev–Trinajstić information content (AvgIpc) is 3.35. The average molecular weight is 413 g/mol. The fraction of sp³-hybridized carbons (Fsp3) is 0.476. The van der Waals surface area contributed by atoms with Gasteiger partial charge in [0, 0.05) is 23.2 Å². The van der Waals surface area contributed by atoms with E-state index >= 15 is 0 Å². The number of carbonyl (C=O) groups is 1. The van der Waals surface area contributed by atoms with Gasteiger partial charge in [0.2, 0.25) is 0 Å². The van der Waals surface area contributed by atoms with Crippen LogP contribution >= 0.6 is 0 Å². The molecule has 0 spiro atoms. The van der Waals surface area contributed by atoms with Crippen molar-refractivity contribution >= 4 is 15.7 Å². The number of nitrogens with one attached hydrogen (secondary N) is 1. The first-order valence-corrected chi connectivity index (χ1v) is 11.8. The van der Waals surface area contributed by atoms with E-state index in [1.165, 1.54) is 0 Å². The zero-order valence-electron chi connectivity index (χ0n) is 16.6. The quantitative estimate of drug-likeness (QED) is 0.813. The van der Waals surface area contributed by atoms with Crippen molar-refractivity contribution in [1.29, 1.82) is 5.26 Å². The third-order valence-electron chi connectivity index (χ3n) is 5.49. The Morgan fingerprint density at radius 3 is 2.45 bits per heavy atom. The van der Waals surface area contributed by atoms with Crippen LogP contribution in [-0.2, 0) is 9.84 Å². The van der Waals surface area contributed by atoms with Gasteiger partial charge in [-0.25, -0.2) is 8.42 Å². The number of benzene rings is 1. The molecule has 2 aliphatic rings. The fourth-order valence-electron chi connectivity index (χ4n) is 3.88. The molecule has 1 N–H and O–H groups in total. The molecule has 2 aromatic rings. The standard InChI is InChI=1S/C21H24N4O3S/c1-13(2)25-20(21(26)23-17-9-10-29(27,28)12-17)18(15-7-8-15)19(24-25)16-5-3-14(11-22)4-6-16/h3-6,13,15,17H,7-10,12H2,1-2H3,(H,23,26). The first kappa shape index (κ1) is 19.6. The molecule has 7 nitrogen and oxygen atoms in total. The van der Waals surface area contributed by atoms with E-state index in [-0.39, 0.29) is 35.4 Å². The topological polar surface area (TPSA) is 105 Å². The molecule has 1 aromatic heterocycles. The summed E-state index contributed by atoms with van der Waals surface area (Å²) in [5.41, 5.74) is 3.69. The molecule has 1 aliphatic heterocycles. The highest BCUT2D eigenvalue weighted by Gasteiger charge is 2.37. The molecule has 0 bridgehead atoms. The maximum absolute atomic E-state index is 13.2. The Labute approximate surface area is 170 Å². The van der Waals surface area contributed by atoms with E-state index in [9.17, 15) is 13.2 Å². The van der Waals surface area contributed by atoms with Crippen LogP contribution in [0.3, 0.4) is 0 Å². The number of hydrogen-bond donors (Lipinski definition) is 1. The Morgan fingerprint density at radius 2 is 1.93 bits per heavy atom. The predicted octanol–water partition coefficient (Wildman–Crippen LogP) is 2.80. The van der Waals surface area contributed by atoms with E-state index in [2.05, 4.69) is 11.4 Å². The number of carbonyl (C=O) groups excluding carboxylic acids is 1. The third kappa shape index (κ3) is 3.92. The Bertz CT molecular complexity index is 1090. The minimum atomic E-state index is -3.07. The molecule has 1 saturated carbocycles. The van der Waals surface area contributed by atoms with E-state index < -0.39 is 9.84 Å². The van der Waals surface area contributed by atoms with Crippen LogP contribution in [0, 0.1) is 11.3 Å². The lowest BCUT2D eigenvalue weighted by Gasteiger charge is -2.15. The SMILES string of the molecule is CC(C)n1nc(-c2ccc(C#N)cc2)c(C2CC2)c1C(=O)NC1CCS(=O)(=O)C1. The molecular weight excluding hydrogens is 388 g/mol. The zero-order chi connectivity index (χ0) is 20.8. The van der Waals surface area contributed by atoms with Crippen LogP contribution in [0.15, 0.2) is 24.3 Å². The van der Waals surface area contributed by atoms with Crippen LogP contribution < -0.4 is 5.32 Å². The summed E-state index contributed by atoms with van der Waals surface area (Å²) in [6.07, 6.45) is 2.46. The molecule has 8 heteroatoms. The van der Waals surface area contributed by atoms with E-state index in [1.807, 2.05) is 26.0 Å². The smallest absolute Gasteiger partial charge is 0.270 e. The second-order valence-electron chi connectivity index (χ2n) is 8.19. The van der Waals surface area contributed by atoms with Crippen molar-refractivity contribution in [3.8, 4) is 17.3 Å². The van der Waals surface area contributed by atoms with Gasteiger partial charge in [-0.2, -0.15) is 10.4 Å². The summed E-state index contributed by atoms with van der Waals surface area (Å²) in [4.78, 5) is 13.2. The second kappa shape index (κ2) is 7.30. The molecule has 2 fully saturated rings. The number of amides is 1. The summed E-state index contributed by atoms with van der Waals surface area (Å²) in [6.45, 7) is 3.95. The van der Waals surface area contributed by atoms with Gasteiger partial charge in [-0.15, -0.1) is 0 Å². The Balaban J connectivity index is 1.75. The lowest BCUT2D eigenvalue weighted by Crippen LogP contribution is -2.37. The monoisotopic (exact) mass is 412 g/mol. The van der Waals surface area contributed by atoms with E-state index in [1.54, 1.807) is 16.8 Å². The molecule has 29 heavy (non-hydrogen) atoms. The molecule has 1 aliphatic carbocycles. The van der Waals surface area contributed by atoms with E-state index in [0.717, 1.165) is 29.7 Å². The van der Waals surface area contributed by atoms with Gasteiger partial charge in [0.25, 0.3) is 5.91 Å². The number of nitriles is 1. The Morgan fingerprint density at radius 1 is 1.24 bits per heavy atom. The van der Waals surface area contributed by atoms with Crippen LogP contribution in [0.4, 0.5) is 0 Å². The Kier molecular flexibility index (Phi) is 4.95. The van der Waals surface area contributed by atoms with Crippen LogP contribution in [0.25, 0.3) is 11.3 Å². The maximum atomic E-state index is 13.2. The summed E-state index contributed by atoms with van der Waals surface area (Å²) < 4.78 is 25.3. The lowest BCUT2D eigenvalue weighted by molar-refractivity contribution is 0.0927. The fourth-order valence-corrected chi connectivity index (χ4v) is 5.56. The maximum Gasteiger partial charge on any atom is 0.270 e. The summed E-state index contributed by atoms with van der Waals surface area (Å²) in [5.74, 6) is 0.139. The van der Waals surface area contributed by atoms with Crippen LogP contribution in [0.1, 0.15) is 66.7 Å². The molecule has 1 aromatic carbocycles. The highest BCUT2D eigenvalue weighted by molar-refractivity contribution is 7.91. The number of aromatic nitrogens is 2. The normalized spacial score (nSPS) is 20.6. The Hall–Kier alpha value is -2.66.